The highest BCUT2D eigenvalue weighted by molar-refractivity contribution is 5.80. The fraction of sp³-hybridized carbons (Fsp3) is 0.833. The van der Waals surface area contributed by atoms with Crippen molar-refractivity contribution in [3.05, 3.63) is 0 Å². The minimum atomic E-state index is 0.0545. The second-order valence-electron chi connectivity index (χ2n) is 5.31. The minimum absolute atomic E-state index is 0.0545. The molecule has 14 heavy (non-hydrogen) atoms. The van der Waals surface area contributed by atoms with E-state index in [1.807, 2.05) is 0 Å². The molecule has 1 unspecified atom stereocenters. The van der Waals surface area contributed by atoms with E-state index >= 15 is 0 Å². The average molecular weight is 198 g/mol. The molecule has 0 aliphatic rings. The molecule has 0 aliphatic carbocycles. The maximum Gasteiger partial charge on any atom is 0.132 e. The molecule has 0 heterocycles. The van der Waals surface area contributed by atoms with Gasteiger partial charge in [-0.15, -0.1) is 0 Å². The summed E-state index contributed by atoms with van der Waals surface area (Å²) in [6.07, 6.45) is 2.11. The molecule has 0 radical (unpaired) electrons. The molecule has 82 valence electrons. The van der Waals surface area contributed by atoms with Crippen LogP contribution < -0.4 is 0 Å². The Kier molecular flexibility index (Phi) is 5.03. The summed E-state index contributed by atoms with van der Waals surface area (Å²) >= 11 is 0. The summed E-state index contributed by atoms with van der Waals surface area (Å²) in [4.78, 5) is 22.1. The number of carbonyl (C=O) groups is 2. The number of ketones is 2. The van der Waals surface area contributed by atoms with Crippen LogP contribution in [-0.4, -0.2) is 11.6 Å². The number of hydrogen-bond donors (Lipinski definition) is 0. The van der Waals surface area contributed by atoms with E-state index in [9.17, 15) is 9.59 Å². The van der Waals surface area contributed by atoms with E-state index in [1.165, 1.54) is 0 Å². The van der Waals surface area contributed by atoms with Gasteiger partial charge in [0.2, 0.25) is 0 Å². The standard InChI is InChI=1S/C12H22O2/c1-9(13)6-7-11(10(2)14)8-12(3,4)5/h11H,6-8H2,1-5H3. The predicted molar refractivity (Wildman–Crippen MR) is 58.2 cm³/mol. The van der Waals surface area contributed by atoms with E-state index in [4.69, 9.17) is 0 Å². The summed E-state index contributed by atoms with van der Waals surface area (Å²) in [6, 6.07) is 0. The van der Waals surface area contributed by atoms with Gasteiger partial charge in [-0.3, -0.25) is 4.79 Å². The molecule has 0 aromatic heterocycles. The van der Waals surface area contributed by atoms with Gasteiger partial charge in [0.1, 0.15) is 11.6 Å². The van der Waals surface area contributed by atoms with E-state index in [2.05, 4.69) is 20.8 Å². The first kappa shape index (κ1) is 13.3. The first-order valence-electron chi connectivity index (χ1n) is 5.22. The fourth-order valence-corrected chi connectivity index (χ4v) is 1.57. The van der Waals surface area contributed by atoms with Gasteiger partial charge in [-0.25, -0.2) is 0 Å². The summed E-state index contributed by atoms with van der Waals surface area (Å²) in [5.74, 6) is 0.435. The molecule has 0 aromatic rings. The van der Waals surface area contributed by atoms with Gasteiger partial charge in [0, 0.05) is 12.3 Å². The molecule has 0 saturated heterocycles. The summed E-state index contributed by atoms with van der Waals surface area (Å²) in [6.45, 7) is 9.56. The molecule has 0 aromatic carbocycles. The molecule has 0 saturated carbocycles. The lowest BCUT2D eigenvalue weighted by molar-refractivity contribution is -0.122. The van der Waals surface area contributed by atoms with Crippen LogP contribution >= 0.6 is 0 Å². The lowest BCUT2D eigenvalue weighted by Crippen LogP contribution is -2.19. The van der Waals surface area contributed by atoms with Crippen molar-refractivity contribution >= 4 is 11.6 Å². The Bertz CT molecular complexity index is 211. The lowest BCUT2D eigenvalue weighted by Gasteiger charge is -2.23. The minimum Gasteiger partial charge on any atom is -0.300 e. The van der Waals surface area contributed by atoms with E-state index in [-0.39, 0.29) is 22.9 Å². The van der Waals surface area contributed by atoms with Gasteiger partial charge < -0.3 is 4.79 Å². The van der Waals surface area contributed by atoms with Crippen molar-refractivity contribution in [2.45, 2.75) is 53.9 Å². The van der Waals surface area contributed by atoms with Crippen LogP contribution in [0.4, 0.5) is 0 Å². The van der Waals surface area contributed by atoms with Crippen LogP contribution in [-0.2, 0) is 9.59 Å². The zero-order chi connectivity index (χ0) is 11.4. The van der Waals surface area contributed by atoms with Gasteiger partial charge in [-0.1, -0.05) is 20.8 Å². The summed E-state index contributed by atoms with van der Waals surface area (Å²) in [7, 11) is 0. The van der Waals surface area contributed by atoms with Gasteiger partial charge in [0.05, 0.1) is 0 Å². The van der Waals surface area contributed by atoms with Gasteiger partial charge in [-0.2, -0.15) is 0 Å². The monoisotopic (exact) mass is 198 g/mol. The van der Waals surface area contributed by atoms with E-state index < -0.39 is 0 Å². The van der Waals surface area contributed by atoms with Gasteiger partial charge >= 0.3 is 0 Å². The quantitative estimate of drug-likeness (QED) is 0.680. The van der Waals surface area contributed by atoms with Crippen molar-refractivity contribution in [1.29, 1.82) is 0 Å². The van der Waals surface area contributed by atoms with Crippen LogP contribution in [0.1, 0.15) is 53.9 Å². The van der Waals surface area contributed by atoms with Crippen molar-refractivity contribution < 1.29 is 9.59 Å². The maximum absolute atomic E-state index is 11.3. The molecule has 0 rings (SSSR count). The van der Waals surface area contributed by atoms with Crippen molar-refractivity contribution in [2.75, 3.05) is 0 Å². The molecule has 0 amide bonds. The van der Waals surface area contributed by atoms with Crippen LogP contribution in [0.15, 0.2) is 0 Å². The van der Waals surface area contributed by atoms with E-state index in [0.29, 0.717) is 12.8 Å². The third-order valence-corrected chi connectivity index (χ3v) is 2.28. The summed E-state index contributed by atoms with van der Waals surface area (Å²) < 4.78 is 0. The number of rotatable bonds is 5. The van der Waals surface area contributed by atoms with Gasteiger partial charge in [0.25, 0.3) is 0 Å². The van der Waals surface area contributed by atoms with Crippen LogP contribution in [0, 0.1) is 11.3 Å². The molecular weight excluding hydrogens is 176 g/mol. The predicted octanol–water partition coefficient (Wildman–Crippen LogP) is 3.00. The Morgan fingerprint density at radius 3 is 1.93 bits per heavy atom. The molecule has 0 N–H and O–H groups in total. The van der Waals surface area contributed by atoms with E-state index in [0.717, 1.165) is 6.42 Å². The lowest BCUT2D eigenvalue weighted by atomic mass is 9.81. The van der Waals surface area contributed by atoms with Crippen molar-refractivity contribution in [3.8, 4) is 0 Å². The third kappa shape index (κ3) is 6.81. The second kappa shape index (κ2) is 5.28. The molecule has 1 atom stereocenters. The van der Waals surface area contributed by atoms with Gasteiger partial charge in [0.15, 0.2) is 0 Å². The highest BCUT2D eigenvalue weighted by Gasteiger charge is 2.22. The Balaban J connectivity index is 4.17. The zero-order valence-corrected chi connectivity index (χ0v) is 10.0. The van der Waals surface area contributed by atoms with E-state index in [1.54, 1.807) is 13.8 Å². The first-order chi connectivity index (χ1) is 6.22. The van der Waals surface area contributed by atoms with Crippen LogP contribution in [0.5, 0.6) is 0 Å². The Labute approximate surface area is 87.1 Å². The Morgan fingerprint density at radius 1 is 1.14 bits per heavy atom. The molecular formula is C12H22O2. The molecule has 2 nitrogen and oxygen atoms in total. The number of carbonyl (C=O) groups excluding carboxylic acids is 2. The smallest absolute Gasteiger partial charge is 0.132 e. The van der Waals surface area contributed by atoms with Crippen LogP contribution in [0.25, 0.3) is 0 Å². The fourth-order valence-electron chi connectivity index (χ4n) is 1.57. The number of Topliss-reactive ketones (excluding diaryl/α,β-unsaturated/α-hetero) is 2. The molecule has 2 heteroatoms. The highest BCUT2D eigenvalue weighted by atomic mass is 16.1. The maximum atomic E-state index is 11.3. The number of hydrogen-bond acceptors (Lipinski definition) is 2. The summed E-state index contributed by atoms with van der Waals surface area (Å²) in [5, 5.41) is 0. The Hall–Kier alpha value is -0.660. The highest BCUT2D eigenvalue weighted by Crippen LogP contribution is 2.27. The van der Waals surface area contributed by atoms with Crippen LogP contribution in [0.3, 0.4) is 0 Å². The van der Waals surface area contributed by atoms with Crippen molar-refractivity contribution in [3.63, 3.8) is 0 Å². The van der Waals surface area contributed by atoms with Crippen molar-refractivity contribution in [2.24, 2.45) is 11.3 Å². The van der Waals surface area contributed by atoms with Gasteiger partial charge in [-0.05, 0) is 32.1 Å². The third-order valence-electron chi connectivity index (χ3n) is 2.28. The molecule has 0 spiro atoms. The van der Waals surface area contributed by atoms with Crippen LogP contribution in [0.2, 0.25) is 0 Å². The molecule has 0 bridgehead atoms. The largest absolute Gasteiger partial charge is 0.300 e. The summed E-state index contributed by atoms with van der Waals surface area (Å²) in [5.41, 5.74) is 0.160. The first-order valence-corrected chi connectivity index (χ1v) is 5.22. The topological polar surface area (TPSA) is 34.1 Å². The molecule has 0 fully saturated rings. The Morgan fingerprint density at radius 2 is 1.64 bits per heavy atom. The SMILES string of the molecule is CC(=O)CCC(CC(C)(C)C)C(C)=O. The van der Waals surface area contributed by atoms with Crippen molar-refractivity contribution in [1.82, 2.24) is 0 Å². The molecule has 0 aliphatic heterocycles. The average Bonchev–Trinajstić information content (AvgIpc) is 1.94. The zero-order valence-electron chi connectivity index (χ0n) is 10.0. The normalized spacial score (nSPS) is 13.8. The second-order valence-corrected chi connectivity index (χ2v) is 5.31.